The summed E-state index contributed by atoms with van der Waals surface area (Å²) in [6.45, 7) is -0.486. The number of hydrogen-bond donors (Lipinski definition) is 5. The van der Waals surface area contributed by atoms with Crippen LogP contribution >= 0.6 is 0 Å². The minimum absolute atomic E-state index is 0.0257. The van der Waals surface area contributed by atoms with Crippen molar-refractivity contribution in [1.29, 1.82) is 0 Å². The molecule has 9 nitrogen and oxygen atoms in total. The molecule has 0 spiro atoms. The number of carbonyl (C=O) groups is 3. The molecule has 0 bridgehead atoms. The highest BCUT2D eigenvalue weighted by molar-refractivity contribution is 5.76. The lowest BCUT2D eigenvalue weighted by molar-refractivity contribution is -0.146. The van der Waals surface area contributed by atoms with E-state index in [1.54, 1.807) is 0 Å². The molecule has 0 aromatic rings. The Labute approximate surface area is 90.6 Å². The number of aliphatic carboxylic acids is 1. The molecule has 0 radical (unpaired) electrons. The number of hydrogen-bond acceptors (Lipinski definition) is 5. The maximum Gasteiger partial charge on any atom is 0.404 e. The van der Waals surface area contributed by atoms with Gasteiger partial charge in [0.2, 0.25) is 0 Å². The van der Waals surface area contributed by atoms with E-state index >= 15 is 0 Å². The van der Waals surface area contributed by atoms with E-state index in [0.717, 1.165) is 0 Å². The van der Waals surface area contributed by atoms with Crippen LogP contribution in [0.3, 0.4) is 0 Å². The van der Waals surface area contributed by atoms with Gasteiger partial charge < -0.3 is 31.3 Å². The van der Waals surface area contributed by atoms with Gasteiger partial charge in [-0.15, -0.1) is 0 Å². The van der Waals surface area contributed by atoms with Crippen molar-refractivity contribution in [3.63, 3.8) is 0 Å². The van der Waals surface area contributed by atoms with Crippen LogP contribution < -0.4 is 16.4 Å². The lowest BCUT2D eigenvalue weighted by Gasteiger charge is -2.09. The molecule has 0 fully saturated rings. The lowest BCUT2D eigenvalue weighted by Crippen LogP contribution is -2.43. The maximum absolute atomic E-state index is 10.9. The van der Waals surface area contributed by atoms with Crippen molar-refractivity contribution >= 4 is 18.1 Å². The zero-order valence-electron chi connectivity index (χ0n) is 8.30. The van der Waals surface area contributed by atoms with E-state index in [2.05, 4.69) is 21.1 Å². The van der Waals surface area contributed by atoms with Gasteiger partial charge in [0.25, 0.3) is 0 Å². The van der Waals surface area contributed by atoms with E-state index in [1.165, 1.54) is 0 Å². The van der Waals surface area contributed by atoms with Crippen LogP contribution in [0.5, 0.6) is 0 Å². The van der Waals surface area contributed by atoms with E-state index in [-0.39, 0.29) is 13.2 Å². The Kier molecular flexibility index (Phi) is 6.36. The Morgan fingerprint density at radius 3 is 2.44 bits per heavy atom. The fourth-order valence-corrected chi connectivity index (χ4v) is 0.655. The fraction of sp³-hybridized carbons (Fsp3) is 0.571. The molecule has 3 amide bonds. The van der Waals surface area contributed by atoms with Crippen molar-refractivity contribution in [1.82, 2.24) is 10.6 Å². The number of primary amides is 1. The quantitative estimate of drug-likeness (QED) is 0.330. The maximum atomic E-state index is 10.9. The van der Waals surface area contributed by atoms with Crippen LogP contribution in [0.15, 0.2) is 0 Å². The number of aliphatic hydroxyl groups is 1. The highest BCUT2D eigenvalue weighted by atomic mass is 16.5. The Hall–Kier alpha value is -2.03. The summed E-state index contributed by atoms with van der Waals surface area (Å²) in [5.74, 6) is -1.43. The first-order chi connectivity index (χ1) is 7.43. The zero-order chi connectivity index (χ0) is 12.6. The summed E-state index contributed by atoms with van der Waals surface area (Å²) in [6, 6.07) is -0.687. The SMILES string of the molecule is NC(=O)OCCNC(=O)NCC(O)C(=O)O. The van der Waals surface area contributed by atoms with Crippen LogP contribution in [-0.2, 0) is 9.53 Å². The number of ether oxygens (including phenoxy) is 1. The minimum atomic E-state index is -1.66. The highest BCUT2D eigenvalue weighted by Crippen LogP contribution is 1.79. The van der Waals surface area contributed by atoms with Crippen molar-refractivity contribution < 1.29 is 29.3 Å². The van der Waals surface area contributed by atoms with Crippen LogP contribution in [0.25, 0.3) is 0 Å². The zero-order valence-corrected chi connectivity index (χ0v) is 8.30. The van der Waals surface area contributed by atoms with Gasteiger partial charge in [0.15, 0.2) is 6.10 Å². The van der Waals surface area contributed by atoms with E-state index in [4.69, 9.17) is 10.2 Å². The first-order valence-electron chi connectivity index (χ1n) is 4.28. The number of nitrogens with one attached hydrogen (secondary N) is 2. The molecule has 0 aliphatic rings. The Morgan fingerprint density at radius 2 is 1.94 bits per heavy atom. The molecular formula is C7H13N3O6. The molecule has 0 saturated carbocycles. The Morgan fingerprint density at radius 1 is 1.31 bits per heavy atom. The molecule has 0 aromatic carbocycles. The van der Waals surface area contributed by atoms with Gasteiger partial charge in [-0.3, -0.25) is 0 Å². The number of carbonyl (C=O) groups excluding carboxylic acids is 2. The largest absolute Gasteiger partial charge is 0.479 e. The van der Waals surface area contributed by atoms with Crippen LogP contribution in [0.2, 0.25) is 0 Å². The summed E-state index contributed by atoms with van der Waals surface area (Å²) in [4.78, 5) is 31.2. The highest BCUT2D eigenvalue weighted by Gasteiger charge is 2.13. The number of urea groups is 1. The number of rotatable bonds is 6. The number of carboxylic acids is 1. The van der Waals surface area contributed by atoms with Gasteiger partial charge in [0, 0.05) is 0 Å². The molecule has 0 aliphatic heterocycles. The molecule has 6 N–H and O–H groups in total. The summed E-state index contributed by atoms with van der Waals surface area (Å²) < 4.78 is 4.31. The second kappa shape index (κ2) is 7.29. The predicted octanol–water partition coefficient (Wildman–Crippen LogP) is -2.17. The second-order valence-corrected chi connectivity index (χ2v) is 2.66. The van der Waals surface area contributed by atoms with E-state index in [1.807, 2.05) is 0 Å². The topological polar surface area (TPSA) is 151 Å². The summed E-state index contributed by atoms with van der Waals surface area (Å²) in [7, 11) is 0. The van der Waals surface area contributed by atoms with Crippen molar-refractivity contribution in [2.75, 3.05) is 19.7 Å². The van der Waals surface area contributed by atoms with E-state index < -0.39 is 30.7 Å². The average molecular weight is 235 g/mol. The first kappa shape index (κ1) is 14.0. The van der Waals surface area contributed by atoms with E-state index in [0.29, 0.717) is 0 Å². The number of aliphatic hydroxyl groups excluding tert-OH is 1. The van der Waals surface area contributed by atoms with Crippen molar-refractivity contribution in [3.8, 4) is 0 Å². The second-order valence-electron chi connectivity index (χ2n) is 2.66. The molecule has 0 saturated heterocycles. The lowest BCUT2D eigenvalue weighted by atomic mass is 10.4. The van der Waals surface area contributed by atoms with Gasteiger partial charge in [-0.25, -0.2) is 14.4 Å². The summed E-state index contributed by atoms with van der Waals surface area (Å²) in [6.07, 6.45) is -2.61. The van der Waals surface area contributed by atoms with Crippen molar-refractivity contribution in [2.24, 2.45) is 5.73 Å². The monoisotopic (exact) mass is 235 g/mol. The summed E-state index contributed by atoms with van der Waals surface area (Å²) in [5, 5.41) is 21.4. The normalized spacial score (nSPS) is 11.3. The molecule has 0 heterocycles. The molecule has 1 atom stereocenters. The average Bonchev–Trinajstić information content (AvgIpc) is 2.20. The van der Waals surface area contributed by atoms with Crippen LogP contribution in [0.4, 0.5) is 9.59 Å². The Balaban J connectivity index is 3.52. The van der Waals surface area contributed by atoms with Crippen molar-refractivity contribution in [3.05, 3.63) is 0 Å². The van der Waals surface area contributed by atoms with Crippen LogP contribution in [-0.4, -0.2) is 54.1 Å². The van der Waals surface area contributed by atoms with Crippen molar-refractivity contribution in [2.45, 2.75) is 6.10 Å². The Bertz CT molecular complexity index is 269. The van der Waals surface area contributed by atoms with Gasteiger partial charge >= 0.3 is 18.1 Å². The summed E-state index contributed by atoms with van der Waals surface area (Å²) in [5.41, 5.74) is 4.65. The smallest absolute Gasteiger partial charge is 0.404 e. The third-order valence-electron chi connectivity index (χ3n) is 1.37. The van der Waals surface area contributed by atoms with E-state index in [9.17, 15) is 14.4 Å². The van der Waals surface area contributed by atoms with Gasteiger partial charge in [-0.05, 0) is 0 Å². The van der Waals surface area contributed by atoms with Gasteiger partial charge in [0.1, 0.15) is 6.61 Å². The van der Waals surface area contributed by atoms with Gasteiger partial charge in [-0.1, -0.05) is 0 Å². The fourth-order valence-electron chi connectivity index (χ4n) is 0.655. The molecule has 9 heteroatoms. The molecule has 1 unspecified atom stereocenters. The number of carboxylic acid groups (broad SMARTS) is 1. The standard InChI is InChI=1S/C7H13N3O6/c8-6(14)16-2-1-9-7(15)10-3-4(11)5(12)13/h4,11H,1-3H2,(H2,8,14)(H,12,13)(H2,9,10,15). The molecule has 0 rings (SSSR count). The number of amides is 3. The van der Waals surface area contributed by atoms with Gasteiger partial charge in [-0.2, -0.15) is 0 Å². The van der Waals surface area contributed by atoms with Crippen LogP contribution in [0, 0.1) is 0 Å². The third kappa shape index (κ3) is 7.38. The van der Waals surface area contributed by atoms with Crippen LogP contribution in [0.1, 0.15) is 0 Å². The number of nitrogens with two attached hydrogens (primary N) is 1. The third-order valence-corrected chi connectivity index (χ3v) is 1.37. The molecular weight excluding hydrogens is 222 g/mol. The first-order valence-corrected chi connectivity index (χ1v) is 4.28. The molecule has 0 aromatic heterocycles. The molecule has 16 heavy (non-hydrogen) atoms. The summed E-state index contributed by atoms with van der Waals surface area (Å²) >= 11 is 0. The minimum Gasteiger partial charge on any atom is -0.479 e. The molecule has 0 aliphatic carbocycles. The predicted molar refractivity (Wildman–Crippen MR) is 50.6 cm³/mol. The van der Waals surface area contributed by atoms with Gasteiger partial charge in [0.05, 0.1) is 13.1 Å². The molecule has 92 valence electrons.